The molecule has 3 heterocycles. The molecule has 6 nitrogen and oxygen atoms in total. The van der Waals surface area contributed by atoms with Crippen molar-refractivity contribution in [3.05, 3.63) is 317 Å². The van der Waals surface area contributed by atoms with Gasteiger partial charge in [0, 0.05) is 86.1 Å². The molecule has 456 valence electrons. The van der Waals surface area contributed by atoms with E-state index >= 15 is 0 Å². The summed E-state index contributed by atoms with van der Waals surface area (Å²) in [4.78, 5) is 0. The van der Waals surface area contributed by atoms with Crippen LogP contribution in [0.4, 0.5) is 17.6 Å². The molecule has 13 heteroatoms. The number of rotatable bonds is 13. The third kappa shape index (κ3) is 16.1. The van der Waals surface area contributed by atoms with Gasteiger partial charge in [-0.05, 0) is 153 Å². The van der Waals surface area contributed by atoms with Gasteiger partial charge in [0.05, 0.1) is 57.0 Å². The quantitative estimate of drug-likeness (QED) is 0.0851. The Bertz CT molecular complexity index is 4890. The SMILES string of the molecule is Cc1ccc(/C(C#N)=C/c2cn(CCc3ccc(F)cc3)c3cc(Cl)ccc23)cc1.Cc1ccc(/C(C#N)=C/c2cn(Cc3cc(C)cc(C(F)(F)F)c3)c3cc(Cl)ccc23)cc1.Cc1ccc(Cn2cc(/C=C(\C#N)c3ccc(C)cc3)c3ccc(Cl)cc32)cc1. The van der Waals surface area contributed by atoms with Gasteiger partial charge in [-0.2, -0.15) is 29.0 Å². The first-order valence-corrected chi connectivity index (χ1v) is 30.7. The monoisotopic (exact) mass is 1270 g/mol. The largest absolute Gasteiger partial charge is 0.416 e. The van der Waals surface area contributed by atoms with Crippen LogP contribution in [0.1, 0.15) is 83.5 Å². The third-order valence-electron chi connectivity index (χ3n) is 15.8. The van der Waals surface area contributed by atoms with Crippen molar-refractivity contribution in [2.24, 2.45) is 0 Å². The third-order valence-corrected chi connectivity index (χ3v) is 16.5. The maximum atomic E-state index is 13.3. The molecule has 0 fully saturated rings. The summed E-state index contributed by atoms with van der Waals surface area (Å²) in [6, 6.07) is 66.9. The number of fused-ring (bicyclic) bond motifs is 3. The maximum Gasteiger partial charge on any atom is 0.416 e. The predicted octanol–water partition coefficient (Wildman–Crippen LogP) is 22.1. The van der Waals surface area contributed by atoms with E-state index in [0.29, 0.717) is 42.9 Å². The van der Waals surface area contributed by atoms with Crippen molar-refractivity contribution in [1.82, 2.24) is 13.7 Å². The highest BCUT2D eigenvalue weighted by Crippen LogP contribution is 2.35. The number of hydrogen-bond donors (Lipinski definition) is 0. The minimum absolute atomic E-state index is 0.232. The first-order chi connectivity index (χ1) is 44.2. The zero-order valence-electron chi connectivity index (χ0n) is 51.1. The van der Waals surface area contributed by atoms with Gasteiger partial charge in [-0.15, -0.1) is 0 Å². The van der Waals surface area contributed by atoms with Crippen LogP contribution in [0.2, 0.25) is 15.1 Å². The maximum absolute atomic E-state index is 13.3. The number of hydrogen-bond acceptors (Lipinski definition) is 3. The topological polar surface area (TPSA) is 86.2 Å². The number of nitriles is 3. The lowest BCUT2D eigenvalue weighted by Gasteiger charge is -2.12. The first-order valence-electron chi connectivity index (χ1n) is 29.6. The van der Waals surface area contributed by atoms with Gasteiger partial charge in [0.2, 0.25) is 0 Å². The summed E-state index contributed by atoms with van der Waals surface area (Å²) >= 11 is 18.8. The first kappa shape index (κ1) is 64.9. The summed E-state index contributed by atoms with van der Waals surface area (Å²) in [5, 5.41) is 34.1. The van der Waals surface area contributed by atoms with Crippen LogP contribution in [0.3, 0.4) is 0 Å². The molecular weight excluding hydrogens is 1220 g/mol. The average molecular weight is 1280 g/mol. The van der Waals surface area contributed by atoms with Crippen LogP contribution < -0.4 is 0 Å². The Hall–Kier alpha value is -10.1. The molecule has 0 bridgehead atoms. The molecule has 92 heavy (non-hydrogen) atoms. The van der Waals surface area contributed by atoms with Gasteiger partial charge in [-0.25, -0.2) is 4.39 Å². The molecule has 0 saturated carbocycles. The molecule has 0 aliphatic rings. The van der Waals surface area contributed by atoms with E-state index in [1.54, 1.807) is 43.3 Å². The second-order valence-corrected chi connectivity index (χ2v) is 24.2. The van der Waals surface area contributed by atoms with Crippen LogP contribution >= 0.6 is 34.8 Å². The molecular formula is C79H61Cl3F4N6. The molecule has 0 atom stereocenters. The van der Waals surface area contributed by atoms with Gasteiger partial charge in [0.1, 0.15) is 5.82 Å². The minimum Gasteiger partial charge on any atom is -0.346 e. The number of allylic oxidation sites excluding steroid dienone is 3. The molecule has 0 N–H and O–H groups in total. The number of aromatic nitrogens is 3. The lowest BCUT2D eigenvalue weighted by Crippen LogP contribution is -2.07. The molecule has 0 saturated heterocycles. The van der Waals surface area contributed by atoms with E-state index in [1.165, 1.54) is 34.9 Å². The summed E-state index contributed by atoms with van der Waals surface area (Å²) in [7, 11) is 0. The van der Waals surface area contributed by atoms with E-state index in [2.05, 4.69) is 70.9 Å². The fourth-order valence-corrected chi connectivity index (χ4v) is 11.5. The highest BCUT2D eigenvalue weighted by atomic mass is 35.5. The highest BCUT2D eigenvalue weighted by Gasteiger charge is 2.31. The predicted molar refractivity (Wildman–Crippen MR) is 371 cm³/mol. The lowest BCUT2D eigenvalue weighted by atomic mass is 10.0. The Morgan fingerprint density at radius 2 is 0.750 bits per heavy atom. The second kappa shape index (κ2) is 28.8. The second-order valence-electron chi connectivity index (χ2n) is 22.9. The van der Waals surface area contributed by atoms with E-state index in [1.807, 2.05) is 159 Å². The van der Waals surface area contributed by atoms with E-state index < -0.39 is 11.7 Å². The Morgan fingerprint density at radius 1 is 0.402 bits per heavy atom. The van der Waals surface area contributed by atoms with Gasteiger partial charge in [-0.1, -0.05) is 196 Å². The van der Waals surface area contributed by atoms with Gasteiger partial charge in [0.25, 0.3) is 0 Å². The average Bonchev–Trinajstić information content (AvgIpc) is 1.68. The van der Waals surface area contributed by atoms with Crippen molar-refractivity contribution in [3.63, 3.8) is 0 Å². The lowest BCUT2D eigenvalue weighted by molar-refractivity contribution is -0.137. The van der Waals surface area contributed by atoms with E-state index in [-0.39, 0.29) is 12.4 Å². The van der Waals surface area contributed by atoms with Crippen molar-refractivity contribution in [2.75, 3.05) is 0 Å². The zero-order valence-corrected chi connectivity index (χ0v) is 53.4. The molecule has 9 aromatic carbocycles. The summed E-state index contributed by atoms with van der Waals surface area (Å²) < 4.78 is 59.3. The van der Waals surface area contributed by atoms with Crippen molar-refractivity contribution in [3.8, 4) is 18.2 Å². The summed E-state index contributed by atoms with van der Waals surface area (Å²) in [5.41, 5.74) is 17.4. The van der Waals surface area contributed by atoms with Crippen molar-refractivity contribution >= 4 is 102 Å². The van der Waals surface area contributed by atoms with Gasteiger partial charge in [0.15, 0.2) is 0 Å². The normalized spacial score (nSPS) is 11.8. The Kier molecular flexibility index (Phi) is 20.3. The number of alkyl halides is 3. The summed E-state index contributed by atoms with van der Waals surface area (Å²) in [6.07, 6.45) is 8.05. The molecule has 0 aliphatic carbocycles. The number of aryl methyl sites for hydroxylation is 7. The Labute approximate surface area is 548 Å². The zero-order chi connectivity index (χ0) is 65.2. The minimum atomic E-state index is -4.41. The summed E-state index contributed by atoms with van der Waals surface area (Å²) in [6.45, 7) is 11.5. The number of nitrogens with zero attached hydrogens (tertiary/aromatic N) is 6. The molecule has 0 unspecified atom stereocenters. The molecule has 0 amide bonds. The van der Waals surface area contributed by atoms with Gasteiger partial charge < -0.3 is 13.7 Å². The number of benzene rings is 9. The van der Waals surface area contributed by atoms with Crippen molar-refractivity contribution in [2.45, 2.75) is 66.9 Å². The number of halogens is 7. The van der Waals surface area contributed by atoms with E-state index in [0.717, 1.165) is 108 Å². The molecule has 0 aliphatic heterocycles. The van der Waals surface area contributed by atoms with Crippen LogP contribution in [0.15, 0.2) is 213 Å². The highest BCUT2D eigenvalue weighted by molar-refractivity contribution is 6.32. The molecule has 3 aromatic heterocycles. The molecule has 12 rings (SSSR count). The van der Waals surface area contributed by atoms with Crippen molar-refractivity contribution in [1.29, 1.82) is 15.8 Å². The van der Waals surface area contributed by atoms with Crippen LogP contribution in [-0.2, 0) is 32.2 Å². The van der Waals surface area contributed by atoms with E-state index in [9.17, 15) is 33.3 Å². The van der Waals surface area contributed by atoms with Crippen LogP contribution in [0.5, 0.6) is 0 Å². The van der Waals surface area contributed by atoms with Crippen LogP contribution in [-0.4, -0.2) is 13.7 Å². The van der Waals surface area contributed by atoms with Crippen LogP contribution in [0.25, 0.3) is 67.7 Å². The fourth-order valence-electron chi connectivity index (χ4n) is 11.0. The molecule has 12 aromatic rings. The standard InChI is InChI=1S/C27H20ClF3N2.C26H20ClFN2.C26H21ClN2/c1-17-3-5-20(6-4-17)21(14-32)12-22-16-33(26-13-24(28)7-8-25(22)26)15-19-9-18(2)10-23(11-19)27(29,30)31;1-18-2-6-20(7-3-18)21(16-29)14-22-17-30(26-15-23(27)8-11-25(22)26)13-12-19-4-9-24(28)10-5-19;1-18-3-7-20(8-4-18)16-29-17-23(25-12-11-24(27)14-26(25)29)13-22(15-28)21-9-5-19(2)6-10-21/h3-13,16H,15H2,1-2H3;2-11,14-15,17H,12-13H2,1H3;3-14,17H,16H2,1-2H3/b21-12+;21-14+;22-13+. The van der Waals surface area contributed by atoms with Crippen molar-refractivity contribution < 1.29 is 17.6 Å². The van der Waals surface area contributed by atoms with Crippen LogP contribution in [0, 0.1) is 74.4 Å². The Morgan fingerprint density at radius 3 is 1.13 bits per heavy atom. The molecule has 0 radical (unpaired) electrons. The summed E-state index contributed by atoms with van der Waals surface area (Å²) in [5.74, 6) is -0.232. The van der Waals surface area contributed by atoms with Gasteiger partial charge in [-0.3, -0.25) is 0 Å². The fraction of sp³-hybridized carbons (Fsp3) is 0.127. The smallest absolute Gasteiger partial charge is 0.346 e. The molecule has 0 spiro atoms. The Balaban J connectivity index is 0.000000152. The van der Waals surface area contributed by atoms with Gasteiger partial charge >= 0.3 is 6.18 Å². The van der Waals surface area contributed by atoms with E-state index in [4.69, 9.17) is 34.8 Å².